The van der Waals surface area contributed by atoms with Gasteiger partial charge < -0.3 is 24.7 Å². The van der Waals surface area contributed by atoms with Crippen molar-refractivity contribution in [2.75, 3.05) is 40.0 Å². The number of allylic oxidation sites excluding steroid dienone is 3. The quantitative estimate of drug-likeness (QED) is 0.268. The van der Waals surface area contributed by atoms with Gasteiger partial charge in [0.25, 0.3) is 0 Å². The highest BCUT2D eigenvalue weighted by atomic mass is 16.5. The lowest BCUT2D eigenvalue weighted by Gasteiger charge is -2.25. The van der Waals surface area contributed by atoms with Crippen molar-refractivity contribution in [2.24, 2.45) is 4.99 Å². The molecule has 7 nitrogen and oxygen atoms in total. The number of hydroxylamine groups is 1. The summed E-state index contributed by atoms with van der Waals surface area (Å²) in [5, 5.41) is 19.5. The van der Waals surface area contributed by atoms with E-state index in [-0.39, 0.29) is 6.04 Å². The third-order valence-electron chi connectivity index (χ3n) is 4.40. The second kappa shape index (κ2) is 12.7. The van der Waals surface area contributed by atoms with Gasteiger partial charge in [-0.3, -0.25) is 4.99 Å². The molecule has 3 N–H and O–H groups in total. The first-order valence-corrected chi connectivity index (χ1v) is 9.97. The first kappa shape index (κ1) is 24.4. The molecule has 0 aromatic rings. The van der Waals surface area contributed by atoms with Crippen LogP contribution < -0.4 is 5.48 Å². The van der Waals surface area contributed by atoms with Crippen LogP contribution in [0.15, 0.2) is 40.6 Å². The van der Waals surface area contributed by atoms with Crippen LogP contribution in [0, 0.1) is 0 Å². The zero-order chi connectivity index (χ0) is 21.0. The van der Waals surface area contributed by atoms with Gasteiger partial charge in [-0.15, -0.1) is 0 Å². The Labute approximate surface area is 169 Å². The first-order chi connectivity index (χ1) is 13.3. The molecular formula is C21H37N3O4. The predicted octanol–water partition coefficient (Wildman–Crippen LogP) is 2.67. The third-order valence-corrected chi connectivity index (χ3v) is 4.40. The molecular weight excluding hydrogens is 358 g/mol. The molecule has 0 bridgehead atoms. The van der Waals surface area contributed by atoms with E-state index in [4.69, 9.17) is 9.47 Å². The number of aliphatic imine (C=N–C) groups is 1. The lowest BCUT2D eigenvalue weighted by atomic mass is 10.0. The van der Waals surface area contributed by atoms with Crippen LogP contribution in [0.5, 0.6) is 0 Å². The van der Waals surface area contributed by atoms with Crippen LogP contribution in [0.25, 0.3) is 0 Å². The largest absolute Gasteiger partial charge is 0.493 e. The van der Waals surface area contributed by atoms with Crippen LogP contribution >= 0.6 is 0 Å². The standard InChI is InChI=1S/C21H37N3O4/c1-6-22-20(16-27-7-2)24(5)14-12-17-18(23-26)10-8-9-11-19(17)28-15-13-21(3,4)25/h8-11,18,23,25-26H,6-7,12-16H2,1-5H3. The van der Waals surface area contributed by atoms with Crippen molar-refractivity contribution in [3.8, 4) is 0 Å². The molecule has 0 heterocycles. The van der Waals surface area contributed by atoms with Gasteiger partial charge in [-0.1, -0.05) is 18.2 Å². The number of hydrogen-bond acceptors (Lipinski definition) is 6. The molecule has 1 atom stereocenters. The predicted molar refractivity (Wildman–Crippen MR) is 113 cm³/mol. The molecule has 1 rings (SSSR count). The summed E-state index contributed by atoms with van der Waals surface area (Å²) >= 11 is 0. The summed E-state index contributed by atoms with van der Waals surface area (Å²) in [4.78, 5) is 6.60. The molecule has 0 aromatic heterocycles. The normalized spacial score (nSPS) is 17.8. The fourth-order valence-electron chi connectivity index (χ4n) is 2.72. The average molecular weight is 396 g/mol. The lowest BCUT2D eigenvalue weighted by molar-refractivity contribution is 0.0443. The Kier molecular flexibility index (Phi) is 11.1. The monoisotopic (exact) mass is 395 g/mol. The Morgan fingerprint density at radius 3 is 2.68 bits per heavy atom. The molecule has 1 unspecified atom stereocenters. The molecule has 160 valence electrons. The van der Waals surface area contributed by atoms with E-state index in [9.17, 15) is 10.3 Å². The number of nitrogens with one attached hydrogen (secondary N) is 1. The molecule has 0 amide bonds. The second-order valence-corrected chi connectivity index (χ2v) is 7.35. The van der Waals surface area contributed by atoms with Crippen molar-refractivity contribution in [3.63, 3.8) is 0 Å². The van der Waals surface area contributed by atoms with Crippen molar-refractivity contribution >= 4 is 5.84 Å². The Bertz CT molecular complexity index is 577. The molecule has 0 radical (unpaired) electrons. The number of nitrogens with zero attached hydrogens (tertiary/aromatic N) is 2. The lowest BCUT2D eigenvalue weighted by Crippen LogP contribution is -2.34. The topological polar surface area (TPSA) is 86.6 Å². The summed E-state index contributed by atoms with van der Waals surface area (Å²) in [6, 6.07) is -0.334. The number of rotatable bonds is 12. The van der Waals surface area contributed by atoms with E-state index in [0.29, 0.717) is 51.5 Å². The second-order valence-electron chi connectivity index (χ2n) is 7.35. The van der Waals surface area contributed by atoms with Gasteiger partial charge in [0.2, 0.25) is 0 Å². The van der Waals surface area contributed by atoms with Gasteiger partial charge in [-0.2, -0.15) is 5.48 Å². The van der Waals surface area contributed by atoms with E-state index in [1.54, 1.807) is 13.8 Å². The Morgan fingerprint density at radius 1 is 1.32 bits per heavy atom. The number of amidine groups is 1. The molecule has 0 aromatic carbocycles. The van der Waals surface area contributed by atoms with E-state index in [2.05, 4.69) is 15.4 Å². The van der Waals surface area contributed by atoms with E-state index >= 15 is 0 Å². The van der Waals surface area contributed by atoms with Crippen molar-refractivity contribution in [1.29, 1.82) is 0 Å². The SMILES string of the molecule is CCN=C(COCC)N(C)CCC1=C(OCCC(C)(C)O)C=CC=CC1NO. The van der Waals surface area contributed by atoms with Gasteiger partial charge in [0, 0.05) is 33.2 Å². The molecule has 0 saturated heterocycles. The van der Waals surface area contributed by atoms with Gasteiger partial charge in [-0.25, -0.2) is 0 Å². The van der Waals surface area contributed by atoms with Crippen LogP contribution in [0.2, 0.25) is 0 Å². The van der Waals surface area contributed by atoms with E-state index < -0.39 is 5.60 Å². The smallest absolute Gasteiger partial charge is 0.125 e. The van der Waals surface area contributed by atoms with E-state index in [0.717, 1.165) is 11.4 Å². The summed E-state index contributed by atoms with van der Waals surface area (Å²) in [6.07, 6.45) is 8.75. The average Bonchev–Trinajstić information content (AvgIpc) is 2.83. The number of aliphatic hydroxyl groups is 1. The fraction of sp³-hybridized carbons (Fsp3) is 0.667. The minimum absolute atomic E-state index is 0.334. The number of ether oxygens (including phenoxy) is 2. The zero-order valence-electron chi connectivity index (χ0n) is 17.9. The summed E-state index contributed by atoms with van der Waals surface area (Å²) in [7, 11) is 1.99. The van der Waals surface area contributed by atoms with Crippen LogP contribution in [-0.4, -0.2) is 72.7 Å². The van der Waals surface area contributed by atoms with Gasteiger partial charge in [0.15, 0.2) is 0 Å². The molecule has 1 aliphatic carbocycles. The highest BCUT2D eigenvalue weighted by molar-refractivity contribution is 5.83. The molecule has 28 heavy (non-hydrogen) atoms. The highest BCUT2D eigenvalue weighted by Gasteiger charge is 2.20. The first-order valence-electron chi connectivity index (χ1n) is 9.97. The van der Waals surface area contributed by atoms with Crippen molar-refractivity contribution in [3.05, 3.63) is 35.6 Å². The maximum absolute atomic E-state index is 9.91. The molecule has 0 fully saturated rings. The summed E-state index contributed by atoms with van der Waals surface area (Å²) in [5.41, 5.74) is 2.52. The van der Waals surface area contributed by atoms with Crippen molar-refractivity contribution < 1.29 is 19.8 Å². The fourth-order valence-corrected chi connectivity index (χ4v) is 2.72. The summed E-state index contributed by atoms with van der Waals surface area (Å²) in [5.74, 6) is 1.62. The summed E-state index contributed by atoms with van der Waals surface area (Å²) in [6.45, 7) is 10.4. The Morgan fingerprint density at radius 2 is 2.07 bits per heavy atom. The van der Waals surface area contributed by atoms with Gasteiger partial charge >= 0.3 is 0 Å². The molecule has 7 heteroatoms. The maximum atomic E-state index is 9.91. The maximum Gasteiger partial charge on any atom is 0.125 e. The van der Waals surface area contributed by atoms with Crippen LogP contribution in [0.4, 0.5) is 0 Å². The van der Waals surface area contributed by atoms with Gasteiger partial charge in [0.05, 0.1) is 18.2 Å². The number of hydrogen-bond donors (Lipinski definition) is 3. The van der Waals surface area contributed by atoms with E-state index in [1.165, 1.54) is 0 Å². The summed E-state index contributed by atoms with van der Waals surface area (Å²) < 4.78 is 11.5. The van der Waals surface area contributed by atoms with Crippen molar-refractivity contribution in [2.45, 2.75) is 52.2 Å². The minimum atomic E-state index is -0.785. The minimum Gasteiger partial charge on any atom is -0.493 e. The van der Waals surface area contributed by atoms with E-state index in [1.807, 2.05) is 45.2 Å². The van der Waals surface area contributed by atoms with Gasteiger partial charge in [0.1, 0.15) is 18.2 Å². The zero-order valence-corrected chi connectivity index (χ0v) is 17.9. The van der Waals surface area contributed by atoms with Crippen LogP contribution in [0.3, 0.4) is 0 Å². The van der Waals surface area contributed by atoms with Crippen LogP contribution in [0.1, 0.15) is 40.5 Å². The molecule has 1 aliphatic rings. The molecule has 0 aliphatic heterocycles. The van der Waals surface area contributed by atoms with Crippen molar-refractivity contribution in [1.82, 2.24) is 10.4 Å². The Hall–Kier alpha value is -1.67. The Balaban J connectivity index is 2.89. The highest BCUT2D eigenvalue weighted by Crippen LogP contribution is 2.21. The molecule has 0 spiro atoms. The molecule has 0 saturated carbocycles. The van der Waals surface area contributed by atoms with Gasteiger partial charge in [-0.05, 0) is 45.8 Å². The number of likely N-dealkylation sites (N-methyl/N-ethyl adjacent to an activating group) is 1. The van der Waals surface area contributed by atoms with Crippen LogP contribution in [-0.2, 0) is 9.47 Å². The third kappa shape index (κ3) is 9.01.